The minimum absolute atomic E-state index is 0.0211. The molecular formula is C17H20F2N2O3. The van der Waals surface area contributed by atoms with Gasteiger partial charge in [-0.3, -0.25) is 9.69 Å². The van der Waals surface area contributed by atoms with Gasteiger partial charge in [0.15, 0.2) is 11.6 Å². The monoisotopic (exact) mass is 338 g/mol. The quantitative estimate of drug-likeness (QED) is 0.851. The van der Waals surface area contributed by atoms with Gasteiger partial charge in [-0.1, -0.05) is 6.07 Å². The molecule has 5 nitrogen and oxygen atoms in total. The summed E-state index contributed by atoms with van der Waals surface area (Å²) < 4.78 is 31.5. The van der Waals surface area contributed by atoms with Crippen molar-refractivity contribution < 1.29 is 23.1 Å². The van der Waals surface area contributed by atoms with Gasteiger partial charge < -0.3 is 9.64 Å². The SMILES string of the molecule is CC1(C)C(c2ccc(F)c(F)c2)CCN1C(=O)CN1CCOC1=O. The summed E-state index contributed by atoms with van der Waals surface area (Å²) in [6.07, 6.45) is 0.186. The molecular weight excluding hydrogens is 318 g/mol. The van der Waals surface area contributed by atoms with Crippen molar-refractivity contribution in [1.29, 1.82) is 0 Å². The number of hydrogen-bond donors (Lipinski definition) is 0. The lowest BCUT2D eigenvalue weighted by atomic mass is 9.82. The Kier molecular flexibility index (Phi) is 4.19. The zero-order valence-electron chi connectivity index (χ0n) is 13.7. The largest absolute Gasteiger partial charge is 0.448 e. The maximum absolute atomic E-state index is 13.5. The van der Waals surface area contributed by atoms with Gasteiger partial charge in [-0.05, 0) is 38.0 Å². The van der Waals surface area contributed by atoms with Crippen molar-refractivity contribution in [3.8, 4) is 0 Å². The van der Waals surface area contributed by atoms with E-state index in [9.17, 15) is 18.4 Å². The van der Waals surface area contributed by atoms with E-state index in [2.05, 4.69) is 0 Å². The van der Waals surface area contributed by atoms with Crippen molar-refractivity contribution in [1.82, 2.24) is 9.80 Å². The van der Waals surface area contributed by atoms with Crippen molar-refractivity contribution in [2.75, 3.05) is 26.2 Å². The predicted octanol–water partition coefficient (Wildman–Crippen LogP) is 2.51. The fourth-order valence-corrected chi connectivity index (χ4v) is 3.66. The molecule has 0 aliphatic carbocycles. The van der Waals surface area contributed by atoms with Crippen molar-refractivity contribution in [2.45, 2.75) is 31.7 Å². The molecule has 0 spiro atoms. The summed E-state index contributed by atoms with van der Waals surface area (Å²) in [5, 5.41) is 0. The average molecular weight is 338 g/mol. The first-order valence-corrected chi connectivity index (χ1v) is 7.98. The van der Waals surface area contributed by atoms with Crippen molar-refractivity contribution in [3.05, 3.63) is 35.4 Å². The number of halogens is 2. The molecule has 0 radical (unpaired) electrons. The summed E-state index contributed by atoms with van der Waals surface area (Å²) in [7, 11) is 0. The molecule has 1 aromatic rings. The van der Waals surface area contributed by atoms with Gasteiger partial charge in [0.05, 0.1) is 6.54 Å². The lowest BCUT2D eigenvalue weighted by Crippen LogP contribution is -2.49. The minimum atomic E-state index is -0.882. The lowest BCUT2D eigenvalue weighted by molar-refractivity contribution is -0.135. The molecule has 2 amide bonds. The number of ether oxygens (including phenoxy) is 1. The van der Waals surface area contributed by atoms with E-state index in [-0.39, 0.29) is 18.4 Å². The summed E-state index contributed by atoms with van der Waals surface area (Å²) in [6, 6.07) is 3.88. The van der Waals surface area contributed by atoms with Crippen LogP contribution in [0.5, 0.6) is 0 Å². The van der Waals surface area contributed by atoms with Crippen LogP contribution in [0.4, 0.5) is 13.6 Å². The van der Waals surface area contributed by atoms with E-state index in [1.54, 1.807) is 11.0 Å². The van der Waals surface area contributed by atoms with Gasteiger partial charge in [-0.2, -0.15) is 0 Å². The Balaban J connectivity index is 1.76. The zero-order chi connectivity index (χ0) is 17.5. The predicted molar refractivity (Wildman–Crippen MR) is 82.4 cm³/mol. The van der Waals surface area contributed by atoms with Crippen molar-refractivity contribution in [3.63, 3.8) is 0 Å². The standard InChI is InChI=1S/C17H20F2N2O3/c1-17(2)12(11-3-4-13(18)14(19)9-11)5-6-21(17)15(22)10-20-7-8-24-16(20)23/h3-4,9,12H,5-8,10H2,1-2H3. The molecule has 0 saturated carbocycles. The first-order chi connectivity index (χ1) is 11.3. The highest BCUT2D eigenvalue weighted by Gasteiger charge is 2.45. The second-order valence-electron chi connectivity index (χ2n) is 6.75. The summed E-state index contributed by atoms with van der Waals surface area (Å²) in [4.78, 5) is 27.2. The first-order valence-electron chi connectivity index (χ1n) is 7.98. The number of carbonyl (C=O) groups is 2. The number of nitrogens with zero attached hydrogens (tertiary/aromatic N) is 2. The Morgan fingerprint density at radius 1 is 1.29 bits per heavy atom. The smallest absolute Gasteiger partial charge is 0.410 e. The molecule has 1 atom stereocenters. The van der Waals surface area contributed by atoms with Crippen LogP contribution in [-0.4, -0.2) is 53.6 Å². The molecule has 2 aliphatic heterocycles. The maximum atomic E-state index is 13.5. The third-order valence-electron chi connectivity index (χ3n) is 5.01. The van der Waals surface area contributed by atoms with Crippen LogP contribution in [-0.2, 0) is 9.53 Å². The molecule has 0 aromatic heterocycles. The van der Waals surface area contributed by atoms with Crippen molar-refractivity contribution in [2.24, 2.45) is 0 Å². The van der Waals surface area contributed by atoms with Gasteiger partial charge >= 0.3 is 6.09 Å². The van der Waals surface area contributed by atoms with Gasteiger partial charge in [-0.15, -0.1) is 0 Å². The van der Waals surface area contributed by atoms with Crippen LogP contribution in [0, 0.1) is 11.6 Å². The highest BCUT2D eigenvalue weighted by atomic mass is 19.2. The fourth-order valence-electron chi connectivity index (χ4n) is 3.66. The highest BCUT2D eigenvalue weighted by Crippen LogP contribution is 2.42. The number of benzene rings is 1. The van der Waals surface area contributed by atoms with Crippen molar-refractivity contribution >= 4 is 12.0 Å². The Hall–Kier alpha value is -2.18. The summed E-state index contributed by atoms with van der Waals surface area (Å²) in [5.41, 5.74) is 0.125. The van der Waals surface area contributed by atoms with Crippen LogP contribution in [0.25, 0.3) is 0 Å². The van der Waals surface area contributed by atoms with E-state index in [1.807, 2.05) is 13.8 Å². The summed E-state index contributed by atoms with van der Waals surface area (Å²) in [5.74, 6) is -2.02. The molecule has 0 N–H and O–H groups in total. The molecule has 2 saturated heterocycles. The van der Waals surface area contributed by atoms with Gasteiger partial charge in [0.1, 0.15) is 13.2 Å². The zero-order valence-corrected chi connectivity index (χ0v) is 13.7. The van der Waals surface area contributed by atoms with Crippen LogP contribution < -0.4 is 0 Å². The van der Waals surface area contributed by atoms with E-state index in [0.717, 1.165) is 6.07 Å². The molecule has 2 heterocycles. The topological polar surface area (TPSA) is 49.9 Å². The summed E-state index contributed by atoms with van der Waals surface area (Å²) in [6.45, 7) is 5.02. The van der Waals surface area contributed by atoms with E-state index < -0.39 is 23.3 Å². The molecule has 2 fully saturated rings. The van der Waals surface area contributed by atoms with E-state index >= 15 is 0 Å². The second-order valence-corrected chi connectivity index (χ2v) is 6.75. The molecule has 2 aliphatic rings. The molecule has 24 heavy (non-hydrogen) atoms. The Labute approximate surface area is 139 Å². The normalized spacial score (nSPS) is 22.8. The van der Waals surface area contributed by atoms with E-state index in [1.165, 1.54) is 11.0 Å². The lowest BCUT2D eigenvalue weighted by Gasteiger charge is -2.37. The maximum Gasteiger partial charge on any atom is 0.410 e. The number of rotatable bonds is 3. The number of amides is 2. The fraction of sp³-hybridized carbons (Fsp3) is 0.529. The van der Waals surface area contributed by atoms with Gasteiger partial charge in [-0.25, -0.2) is 13.6 Å². The van der Waals surface area contributed by atoms with Gasteiger partial charge in [0.25, 0.3) is 0 Å². The minimum Gasteiger partial charge on any atom is -0.448 e. The number of hydrogen-bond acceptors (Lipinski definition) is 3. The van der Waals surface area contributed by atoms with Crippen LogP contribution >= 0.6 is 0 Å². The van der Waals surface area contributed by atoms with Crippen LogP contribution in [0.15, 0.2) is 18.2 Å². The Morgan fingerprint density at radius 2 is 2.04 bits per heavy atom. The van der Waals surface area contributed by atoms with E-state index in [4.69, 9.17) is 4.74 Å². The van der Waals surface area contributed by atoms with Crippen LogP contribution in [0.3, 0.4) is 0 Å². The second kappa shape index (κ2) is 6.03. The number of likely N-dealkylation sites (tertiary alicyclic amines) is 1. The van der Waals surface area contributed by atoms with Gasteiger partial charge in [0.2, 0.25) is 5.91 Å². The number of cyclic esters (lactones) is 1. The molecule has 3 rings (SSSR count). The number of carbonyl (C=O) groups excluding carboxylic acids is 2. The third-order valence-corrected chi connectivity index (χ3v) is 5.01. The third kappa shape index (κ3) is 2.83. The highest BCUT2D eigenvalue weighted by molar-refractivity contribution is 5.83. The molecule has 0 bridgehead atoms. The Bertz CT molecular complexity index is 678. The van der Waals surface area contributed by atoms with Gasteiger partial charge in [0, 0.05) is 18.0 Å². The summed E-state index contributed by atoms with van der Waals surface area (Å²) >= 11 is 0. The van der Waals surface area contributed by atoms with E-state index in [0.29, 0.717) is 31.7 Å². The molecule has 7 heteroatoms. The van der Waals surface area contributed by atoms with Crippen LogP contribution in [0.2, 0.25) is 0 Å². The average Bonchev–Trinajstić information content (AvgIpc) is 3.05. The first kappa shape index (κ1) is 16.7. The molecule has 130 valence electrons. The Morgan fingerprint density at radius 3 is 2.67 bits per heavy atom. The molecule has 1 aromatic carbocycles. The molecule has 1 unspecified atom stereocenters. The van der Waals surface area contributed by atoms with Crippen LogP contribution in [0.1, 0.15) is 31.7 Å².